The molecule has 0 aliphatic carbocycles. The molecule has 106 valence electrons. The number of nitrogens with zero attached hydrogens (tertiary/aromatic N) is 1. The van der Waals surface area contributed by atoms with Gasteiger partial charge in [0.1, 0.15) is 0 Å². The Morgan fingerprint density at radius 3 is 2.00 bits per heavy atom. The average Bonchev–Trinajstić information content (AvgIpc) is 2.19. The number of amides is 2. The van der Waals surface area contributed by atoms with E-state index in [-0.39, 0.29) is 36.4 Å². The number of rotatable bonds is 6. The highest BCUT2D eigenvalue weighted by Gasteiger charge is 2.29. The molecule has 0 saturated carbocycles. The van der Waals surface area contributed by atoms with Crippen LogP contribution in [0, 0.1) is 11.3 Å². The van der Waals surface area contributed by atoms with Gasteiger partial charge >= 0.3 is 0 Å². The Morgan fingerprint density at radius 1 is 1.22 bits per heavy atom. The first-order valence-electron chi connectivity index (χ1n) is 6.37. The van der Waals surface area contributed by atoms with E-state index < -0.39 is 5.91 Å². The molecule has 5 heteroatoms. The van der Waals surface area contributed by atoms with Crippen molar-refractivity contribution >= 4 is 11.8 Å². The second-order valence-electron chi connectivity index (χ2n) is 6.22. The van der Waals surface area contributed by atoms with Gasteiger partial charge in [0, 0.05) is 12.6 Å². The summed E-state index contributed by atoms with van der Waals surface area (Å²) in [5, 5.41) is 0. The van der Waals surface area contributed by atoms with Crippen LogP contribution in [0.1, 0.15) is 41.0 Å². The highest BCUT2D eigenvalue weighted by molar-refractivity contribution is 5.85. The van der Waals surface area contributed by atoms with E-state index in [2.05, 4.69) is 20.8 Å². The summed E-state index contributed by atoms with van der Waals surface area (Å²) in [4.78, 5) is 24.9. The summed E-state index contributed by atoms with van der Waals surface area (Å²) in [7, 11) is 0. The number of nitrogens with two attached hydrogens (primary N) is 2. The van der Waals surface area contributed by atoms with Gasteiger partial charge < -0.3 is 16.4 Å². The van der Waals surface area contributed by atoms with Crippen molar-refractivity contribution in [1.29, 1.82) is 0 Å². The molecule has 0 radical (unpaired) electrons. The fourth-order valence-corrected chi connectivity index (χ4v) is 1.93. The first kappa shape index (κ1) is 16.9. The van der Waals surface area contributed by atoms with E-state index in [4.69, 9.17) is 11.5 Å². The minimum Gasteiger partial charge on any atom is -0.368 e. The summed E-state index contributed by atoms with van der Waals surface area (Å²) in [6.07, 6.45) is 0.699. The predicted molar refractivity (Wildman–Crippen MR) is 72.7 cm³/mol. The van der Waals surface area contributed by atoms with Crippen molar-refractivity contribution < 1.29 is 9.59 Å². The molecule has 0 aliphatic heterocycles. The molecule has 5 nitrogen and oxygen atoms in total. The summed E-state index contributed by atoms with van der Waals surface area (Å²) in [5.41, 5.74) is 10.9. The van der Waals surface area contributed by atoms with Crippen molar-refractivity contribution in [2.24, 2.45) is 22.8 Å². The third-order valence-corrected chi connectivity index (χ3v) is 2.73. The first-order chi connectivity index (χ1) is 8.08. The Hall–Kier alpha value is -1.10. The van der Waals surface area contributed by atoms with Crippen molar-refractivity contribution in [1.82, 2.24) is 4.90 Å². The van der Waals surface area contributed by atoms with E-state index in [1.807, 2.05) is 13.8 Å². The molecule has 0 saturated heterocycles. The SMILES string of the molecule is CC(C)N(CC(N)=O)C(=O)C(CN)CC(C)(C)C. The normalized spacial score (nSPS) is 13.5. The van der Waals surface area contributed by atoms with E-state index >= 15 is 0 Å². The van der Waals surface area contributed by atoms with Crippen molar-refractivity contribution in [3.8, 4) is 0 Å². The van der Waals surface area contributed by atoms with Crippen molar-refractivity contribution in [3.63, 3.8) is 0 Å². The number of carbonyl (C=O) groups excluding carboxylic acids is 2. The lowest BCUT2D eigenvalue weighted by Gasteiger charge is -2.32. The second-order valence-corrected chi connectivity index (χ2v) is 6.22. The van der Waals surface area contributed by atoms with Crippen LogP contribution in [0.2, 0.25) is 0 Å². The average molecular weight is 257 g/mol. The first-order valence-corrected chi connectivity index (χ1v) is 6.37. The van der Waals surface area contributed by atoms with E-state index in [9.17, 15) is 9.59 Å². The molecule has 0 rings (SSSR count). The lowest BCUT2D eigenvalue weighted by atomic mass is 9.84. The molecule has 0 fully saturated rings. The Bertz CT molecular complexity index is 295. The third-order valence-electron chi connectivity index (χ3n) is 2.73. The van der Waals surface area contributed by atoms with E-state index in [1.165, 1.54) is 4.90 Å². The molecule has 0 bridgehead atoms. The zero-order chi connectivity index (χ0) is 14.5. The molecular weight excluding hydrogens is 230 g/mol. The molecule has 4 N–H and O–H groups in total. The van der Waals surface area contributed by atoms with Gasteiger partial charge in [-0.25, -0.2) is 0 Å². The lowest BCUT2D eigenvalue weighted by molar-refractivity contribution is -0.141. The minimum atomic E-state index is -0.497. The zero-order valence-corrected chi connectivity index (χ0v) is 12.2. The number of hydrogen-bond acceptors (Lipinski definition) is 3. The van der Waals surface area contributed by atoms with Gasteiger partial charge in [-0.2, -0.15) is 0 Å². The Balaban J connectivity index is 4.86. The number of primary amides is 1. The monoisotopic (exact) mass is 257 g/mol. The molecular formula is C13H27N3O2. The molecule has 1 atom stereocenters. The molecule has 0 aromatic rings. The predicted octanol–water partition coefficient (Wildman–Crippen LogP) is 0.720. The van der Waals surface area contributed by atoms with Crippen molar-refractivity contribution in [2.75, 3.05) is 13.1 Å². The van der Waals surface area contributed by atoms with Crippen LogP contribution >= 0.6 is 0 Å². The van der Waals surface area contributed by atoms with Crippen LogP contribution in [-0.2, 0) is 9.59 Å². The lowest BCUT2D eigenvalue weighted by Crippen LogP contribution is -2.47. The topological polar surface area (TPSA) is 89.4 Å². The third kappa shape index (κ3) is 6.00. The van der Waals surface area contributed by atoms with Gasteiger partial charge in [0.05, 0.1) is 12.5 Å². The summed E-state index contributed by atoms with van der Waals surface area (Å²) in [6.45, 7) is 10.2. The maximum Gasteiger partial charge on any atom is 0.237 e. The smallest absolute Gasteiger partial charge is 0.237 e. The Morgan fingerprint density at radius 2 is 1.72 bits per heavy atom. The molecule has 0 spiro atoms. The Kier molecular flexibility index (Phi) is 6.32. The fraction of sp³-hybridized carbons (Fsp3) is 0.846. The molecule has 0 heterocycles. The second kappa shape index (κ2) is 6.73. The van der Waals surface area contributed by atoms with Gasteiger partial charge in [-0.05, 0) is 25.7 Å². The maximum atomic E-state index is 12.4. The quantitative estimate of drug-likeness (QED) is 0.734. The summed E-state index contributed by atoms with van der Waals surface area (Å²) in [6, 6.07) is -0.0565. The van der Waals surface area contributed by atoms with Crippen LogP contribution in [0.25, 0.3) is 0 Å². The molecule has 0 aromatic carbocycles. The maximum absolute atomic E-state index is 12.4. The van der Waals surface area contributed by atoms with Crippen molar-refractivity contribution in [2.45, 2.75) is 47.1 Å². The molecule has 0 aliphatic rings. The van der Waals surface area contributed by atoms with E-state index in [1.54, 1.807) is 0 Å². The van der Waals surface area contributed by atoms with Gasteiger partial charge in [0.2, 0.25) is 11.8 Å². The largest absolute Gasteiger partial charge is 0.368 e. The van der Waals surface area contributed by atoms with Crippen LogP contribution in [0.3, 0.4) is 0 Å². The Labute approximate surface area is 110 Å². The number of hydrogen-bond donors (Lipinski definition) is 2. The summed E-state index contributed by atoms with van der Waals surface area (Å²) < 4.78 is 0. The molecule has 0 aromatic heterocycles. The van der Waals surface area contributed by atoms with E-state index in [0.29, 0.717) is 6.42 Å². The van der Waals surface area contributed by atoms with Crippen LogP contribution < -0.4 is 11.5 Å². The van der Waals surface area contributed by atoms with Gasteiger partial charge in [-0.3, -0.25) is 9.59 Å². The van der Waals surface area contributed by atoms with Crippen LogP contribution in [0.4, 0.5) is 0 Å². The van der Waals surface area contributed by atoms with Crippen LogP contribution in [0.15, 0.2) is 0 Å². The van der Waals surface area contributed by atoms with Crippen molar-refractivity contribution in [3.05, 3.63) is 0 Å². The van der Waals surface area contributed by atoms with Crippen LogP contribution in [-0.4, -0.2) is 35.8 Å². The molecule has 2 amide bonds. The fourth-order valence-electron chi connectivity index (χ4n) is 1.93. The van der Waals surface area contributed by atoms with Gasteiger partial charge in [0.25, 0.3) is 0 Å². The summed E-state index contributed by atoms with van der Waals surface area (Å²) in [5.74, 6) is -0.837. The van der Waals surface area contributed by atoms with Crippen LogP contribution in [0.5, 0.6) is 0 Å². The highest BCUT2D eigenvalue weighted by atomic mass is 16.2. The van der Waals surface area contributed by atoms with Gasteiger partial charge in [-0.1, -0.05) is 20.8 Å². The highest BCUT2D eigenvalue weighted by Crippen LogP contribution is 2.25. The van der Waals surface area contributed by atoms with E-state index in [0.717, 1.165) is 0 Å². The van der Waals surface area contributed by atoms with Gasteiger partial charge in [-0.15, -0.1) is 0 Å². The van der Waals surface area contributed by atoms with Gasteiger partial charge in [0.15, 0.2) is 0 Å². The minimum absolute atomic E-state index is 0.0229. The molecule has 18 heavy (non-hydrogen) atoms. The standard InChI is InChI=1S/C13H27N3O2/c1-9(2)16(8-11(15)17)12(18)10(7-14)6-13(3,4)5/h9-10H,6-8,14H2,1-5H3,(H2,15,17). The summed E-state index contributed by atoms with van der Waals surface area (Å²) >= 11 is 0. The number of carbonyl (C=O) groups is 2. The zero-order valence-electron chi connectivity index (χ0n) is 12.2. The molecule has 1 unspecified atom stereocenters.